The summed E-state index contributed by atoms with van der Waals surface area (Å²) in [6, 6.07) is 7.57. The Morgan fingerprint density at radius 2 is 1.38 bits per heavy atom. The van der Waals surface area contributed by atoms with E-state index in [2.05, 4.69) is 20.8 Å². The molecule has 0 atom stereocenters. The maximum atomic E-state index is 13.2. The number of benzene rings is 1. The SMILES string of the molecule is CCCCCCc1ccccc1S(=O)(=O)N(CCCC)CCCC. The van der Waals surface area contributed by atoms with Crippen molar-refractivity contribution in [2.24, 2.45) is 0 Å². The molecule has 0 amide bonds. The maximum Gasteiger partial charge on any atom is 0.243 e. The van der Waals surface area contributed by atoms with E-state index in [1.807, 2.05) is 18.2 Å². The Morgan fingerprint density at radius 3 is 1.96 bits per heavy atom. The molecule has 0 aliphatic heterocycles. The summed E-state index contributed by atoms with van der Waals surface area (Å²) in [5, 5.41) is 0. The average molecular weight is 354 g/mol. The molecule has 24 heavy (non-hydrogen) atoms. The van der Waals surface area contributed by atoms with Crippen molar-refractivity contribution in [2.45, 2.75) is 83.5 Å². The van der Waals surface area contributed by atoms with Crippen LogP contribution in [0.5, 0.6) is 0 Å². The summed E-state index contributed by atoms with van der Waals surface area (Å²) in [6.07, 6.45) is 9.35. The normalized spacial score (nSPS) is 12.0. The van der Waals surface area contributed by atoms with Gasteiger partial charge >= 0.3 is 0 Å². The van der Waals surface area contributed by atoms with Gasteiger partial charge < -0.3 is 0 Å². The Labute approximate surface area is 149 Å². The molecule has 1 rings (SSSR count). The quantitative estimate of drug-likeness (QED) is 0.445. The zero-order chi connectivity index (χ0) is 17.8. The highest BCUT2D eigenvalue weighted by molar-refractivity contribution is 7.89. The topological polar surface area (TPSA) is 37.4 Å². The van der Waals surface area contributed by atoms with E-state index in [0.29, 0.717) is 18.0 Å². The summed E-state index contributed by atoms with van der Waals surface area (Å²) in [5.41, 5.74) is 0.978. The lowest BCUT2D eigenvalue weighted by Gasteiger charge is -2.23. The Hall–Kier alpha value is -0.870. The van der Waals surface area contributed by atoms with Crippen LogP contribution in [0, 0.1) is 0 Å². The first-order chi connectivity index (χ1) is 11.6. The molecule has 0 fully saturated rings. The van der Waals surface area contributed by atoms with Gasteiger partial charge in [0.2, 0.25) is 10.0 Å². The van der Waals surface area contributed by atoms with Gasteiger partial charge in [-0.05, 0) is 37.3 Å². The van der Waals surface area contributed by atoms with E-state index in [-0.39, 0.29) is 0 Å². The summed E-state index contributed by atoms with van der Waals surface area (Å²) in [7, 11) is -3.39. The average Bonchev–Trinajstić information content (AvgIpc) is 2.59. The van der Waals surface area contributed by atoms with Gasteiger partial charge in [-0.1, -0.05) is 71.1 Å². The van der Waals surface area contributed by atoms with Crippen molar-refractivity contribution >= 4 is 10.0 Å². The smallest absolute Gasteiger partial charge is 0.207 e. The van der Waals surface area contributed by atoms with E-state index in [1.165, 1.54) is 19.3 Å². The van der Waals surface area contributed by atoms with Gasteiger partial charge in [0, 0.05) is 13.1 Å². The largest absolute Gasteiger partial charge is 0.243 e. The standard InChI is InChI=1S/C20H35NO2S/c1-4-7-10-11-14-19-15-12-13-16-20(19)24(22,23)21(17-8-5-2)18-9-6-3/h12-13,15-16H,4-11,14,17-18H2,1-3H3. The molecule has 3 nitrogen and oxygen atoms in total. The number of hydrogen-bond donors (Lipinski definition) is 0. The molecule has 138 valence electrons. The van der Waals surface area contributed by atoms with Crippen LogP contribution in [0.4, 0.5) is 0 Å². The molecule has 0 heterocycles. The lowest BCUT2D eigenvalue weighted by atomic mass is 10.1. The summed E-state index contributed by atoms with van der Waals surface area (Å²) < 4.78 is 28.1. The van der Waals surface area contributed by atoms with Crippen molar-refractivity contribution < 1.29 is 8.42 Å². The lowest BCUT2D eigenvalue weighted by Crippen LogP contribution is -2.33. The molecule has 4 heteroatoms. The third-order valence-electron chi connectivity index (χ3n) is 4.41. The summed E-state index contributed by atoms with van der Waals surface area (Å²) in [4.78, 5) is 0.522. The summed E-state index contributed by atoms with van der Waals surface area (Å²) in [5.74, 6) is 0. The third kappa shape index (κ3) is 6.56. The minimum absolute atomic E-state index is 0.522. The van der Waals surface area contributed by atoms with Gasteiger partial charge in [-0.2, -0.15) is 4.31 Å². The van der Waals surface area contributed by atoms with Gasteiger partial charge in [-0.25, -0.2) is 8.42 Å². The second kappa shape index (κ2) is 11.6. The fraction of sp³-hybridized carbons (Fsp3) is 0.700. The van der Waals surface area contributed by atoms with E-state index < -0.39 is 10.0 Å². The minimum atomic E-state index is -3.39. The van der Waals surface area contributed by atoms with Gasteiger partial charge in [0.05, 0.1) is 4.90 Å². The third-order valence-corrected chi connectivity index (χ3v) is 6.41. The van der Waals surface area contributed by atoms with Crippen molar-refractivity contribution in [3.05, 3.63) is 29.8 Å². The fourth-order valence-electron chi connectivity index (χ4n) is 2.86. The van der Waals surface area contributed by atoms with Crippen LogP contribution in [0.1, 0.15) is 77.7 Å². The van der Waals surface area contributed by atoms with E-state index >= 15 is 0 Å². The molecular weight excluding hydrogens is 318 g/mol. The molecule has 0 radical (unpaired) electrons. The van der Waals surface area contributed by atoms with Crippen LogP contribution in [0.3, 0.4) is 0 Å². The first-order valence-electron chi connectivity index (χ1n) is 9.65. The zero-order valence-corrected chi connectivity index (χ0v) is 16.6. The molecule has 0 saturated carbocycles. The van der Waals surface area contributed by atoms with Gasteiger partial charge in [-0.15, -0.1) is 0 Å². The molecule has 0 spiro atoms. The number of nitrogens with zero attached hydrogens (tertiary/aromatic N) is 1. The van der Waals surface area contributed by atoms with Crippen molar-refractivity contribution in [3.63, 3.8) is 0 Å². The predicted molar refractivity (Wildman–Crippen MR) is 103 cm³/mol. The first-order valence-corrected chi connectivity index (χ1v) is 11.1. The number of unbranched alkanes of at least 4 members (excludes halogenated alkanes) is 5. The van der Waals surface area contributed by atoms with Gasteiger partial charge in [0.25, 0.3) is 0 Å². The molecule has 0 N–H and O–H groups in total. The molecule has 0 saturated heterocycles. The van der Waals surface area contributed by atoms with Crippen LogP contribution in [0.2, 0.25) is 0 Å². The molecule has 0 unspecified atom stereocenters. The Bertz CT molecular complexity index is 547. The van der Waals surface area contributed by atoms with Gasteiger partial charge in [0.1, 0.15) is 0 Å². The monoisotopic (exact) mass is 353 g/mol. The van der Waals surface area contributed by atoms with E-state index in [0.717, 1.165) is 44.1 Å². The van der Waals surface area contributed by atoms with Crippen LogP contribution in [-0.4, -0.2) is 25.8 Å². The van der Waals surface area contributed by atoms with Crippen molar-refractivity contribution in [3.8, 4) is 0 Å². The van der Waals surface area contributed by atoms with E-state index in [1.54, 1.807) is 10.4 Å². The number of hydrogen-bond acceptors (Lipinski definition) is 2. The predicted octanol–water partition coefficient (Wildman–Crippen LogP) is 5.40. The first kappa shape index (κ1) is 21.2. The van der Waals surface area contributed by atoms with E-state index in [4.69, 9.17) is 0 Å². The molecule has 0 bridgehead atoms. The van der Waals surface area contributed by atoms with Crippen LogP contribution in [0.15, 0.2) is 29.2 Å². The van der Waals surface area contributed by atoms with Crippen molar-refractivity contribution in [1.29, 1.82) is 0 Å². The van der Waals surface area contributed by atoms with E-state index in [9.17, 15) is 8.42 Å². The highest BCUT2D eigenvalue weighted by Gasteiger charge is 2.25. The Morgan fingerprint density at radius 1 is 0.792 bits per heavy atom. The molecule has 0 aliphatic rings. The number of sulfonamides is 1. The number of rotatable bonds is 13. The maximum absolute atomic E-state index is 13.2. The molecular formula is C20H35NO2S. The van der Waals surface area contributed by atoms with Crippen molar-refractivity contribution in [2.75, 3.05) is 13.1 Å². The molecule has 1 aromatic carbocycles. The molecule has 1 aromatic rings. The zero-order valence-electron chi connectivity index (χ0n) is 15.8. The highest BCUT2D eigenvalue weighted by atomic mass is 32.2. The van der Waals surface area contributed by atoms with Crippen LogP contribution in [-0.2, 0) is 16.4 Å². The van der Waals surface area contributed by atoms with Gasteiger partial charge in [0.15, 0.2) is 0 Å². The van der Waals surface area contributed by atoms with Crippen LogP contribution < -0.4 is 0 Å². The molecule has 0 aliphatic carbocycles. The molecule has 0 aromatic heterocycles. The lowest BCUT2D eigenvalue weighted by molar-refractivity contribution is 0.395. The second-order valence-corrected chi connectivity index (χ2v) is 8.44. The number of aryl methyl sites for hydroxylation is 1. The van der Waals surface area contributed by atoms with Gasteiger partial charge in [-0.3, -0.25) is 0 Å². The summed E-state index contributed by atoms with van der Waals surface area (Å²) in [6.45, 7) is 7.66. The second-order valence-electron chi connectivity index (χ2n) is 6.53. The fourth-order valence-corrected chi connectivity index (χ4v) is 4.63. The highest BCUT2D eigenvalue weighted by Crippen LogP contribution is 2.23. The van der Waals surface area contributed by atoms with Crippen LogP contribution in [0.25, 0.3) is 0 Å². The van der Waals surface area contributed by atoms with Crippen molar-refractivity contribution in [1.82, 2.24) is 4.31 Å². The Balaban J connectivity index is 2.96. The summed E-state index contributed by atoms with van der Waals surface area (Å²) >= 11 is 0. The van der Waals surface area contributed by atoms with Crippen LogP contribution >= 0.6 is 0 Å². The minimum Gasteiger partial charge on any atom is -0.207 e. The Kier molecular flexibility index (Phi) is 10.3.